The molecule has 0 aromatic heterocycles. The topological polar surface area (TPSA) is 23.6 Å². The highest BCUT2D eigenvalue weighted by atomic mass is 16.2. The standard InChI is InChI=1S/C20H22N2O/c1-14-11-16-7-3-5-9-18(16)21(14)13-20(23)22-15(2)12-17-8-4-6-10-19(17)22/h3-10,14-15H,11-13H2,1-2H3/t14-,15-/m0/s1. The lowest BCUT2D eigenvalue weighted by molar-refractivity contribution is -0.117. The Morgan fingerprint density at radius 1 is 0.913 bits per heavy atom. The lowest BCUT2D eigenvalue weighted by Gasteiger charge is -2.29. The Bertz CT molecular complexity index is 755. The number of hydrogen-bond donors (Lipinski definition) is 0. The van der Waals surface area contributed by atoms with Gasteiger partial charge in [0.15, 0.2) is 0 Å². The SMILES string of the molecule is C[C@H]1Cc2ccccc2N1CC(=O)N1c2ccccc2C[C@@H]1C. The van der Waals surface area contributed by atoms with Gasteiger partial charge in [-0.2, -0.15) is 0 Å². The summed E-state index contributed by atoms with van der Waals surface area (Å²) < 4.78 is 0. The van der Waals surface area contributed by atoms with Crippen LogP contribution in [0.2, 0.25) is 0 Å². The van der Waals surface area contributed by atoms with E-state index in [1.165, 1.54) is 16.8 Å². The summed E-state index contributed by atoms with van der Waals surface area (Å²) in [5.41, 5.74) is 4.93. The predicted molar refractivity (Wildman–Crippen MR) is 94.0 cm³/mol. The fraction of sp³-hybridized carbons (Fsp3) is 0.350. The van der Waals surface area contributed by atoms with E-state index in [1.54, 1.807) is 0 Å². The molecule has 0 saturated heterocycles. The molecule has 0 spiro atoms. The van der Waals surface area contributed by atoms with Crippen molar-refractivity contribution >= 4 is 17.3 Å². The Morgan fingerprint density at radius 2 is 1.48 bits per heavy atom. The fourth-order valence-electron chi connectivity index (χ4n) is 4.04. The molecule has 2 aliphatic heterocycles. The number of anilines is 2. The van der Waals surface area contributed by atoms with Gasteiger partial charge in [0.05, 0.1) is 6.54 Å². The van der Waals surface area contributed by atoms with E-state index in [-0.39, 0.29) is 11.9 Å². The lowest BCUT2D eigenvalue weighted by Crippen LogP contribution is -2.44. The Kier molecular flexibility index (Phi) is 3.37. The molecule has 2 heterocycles. The van der Waals surface area contributed by atoms with Gasteiger partial charge in [-0.25, -0.2) is 0 Å². The zero-order chi connectivity index (χ0) is 16.0. The Balaban J connectivity index is 1.59. The Morgan fingerprint density at radius 3 is 2.22 bits per heavy atom. The van der Waals surface area contributed by atoms with E-state index >= 15 is 0 Å². The molecule has 0 fully saturated rings. The second-order valence-electron chi connectivity index (χ2n) is 6.76. The summed E-state index contributed by atoms with van der Waals surface area (Å²) >= 11 is 0. The van der Waals surface area contributed by atoms with E-state index in [0.29, 0.717) is 12.6 Å². The van der Waals surface area contributed by atoms with Crippen molar-refractivity contribution in [3.05, 3.63) is 59.7 Å². The summed E-state index contributed by atoms with van der Waals surface area (Å²) in [6.45, 7) is 4.80. The summed E-state index contributed by atoms with van der Waals surface area (Å²) in [4.78, 5) is 17.3. The molecule has 3 nitrogen and oxygen atoms in total. The predicted octanol–water partition coefficient (Wildman–Crippen LogP) is 3.42. The first-order valence-corrected chi connectivity index (χ1v) is 8.39. The highest BCUT2D eigenvalue weighted by molar-refractivity contribution is 5.99. The van der Waals surface area contributed by atoms with Gasteiger partial charge in [0, 0.05) is 23.5 Å². The second kappa shape index (κ2) is 5.41. The third-order valence-corrected chi connectivity index (χ3v) is 5.13. The molecule has 0 bridgehead atoms. The van der Waals surface area contributed by atoms with Gasteiger partial charge in [0.2, 0.25) is 5.91 Å². The van der Waals surface area contributed by atoms with Crippen LogP contribution < -0.4 is 9.80 Å². The molecule has 2 aromatic rings. The molecule has 2 aliphatic rings. The molecule has 0 aliphatic carbocycles. The number of carbonyl (C=O) groups excluding carboxylic acids is 1. The van der Waals surface area contributed by atoms with Crippen molar-refractivity contribution in [2.24, 2.45) is 0 Å². The summed E-state index contributed by atoms with van der Waals surface area (Å²) in [6.07, 6.45) is 1.98. The van der Waals surface area contributed by atoms with Gasteiger partial charge in [0.1, 0.15) is 0 Å². The number of hydrogen-bond acceptors (Lipinski definition) is 2. The Hall–Kier alpha value is -2.29. The van der Waals surface area contributed by atoms with Crippen molar-refractivity contribution in [2.45, 2.75) is 38.8 Å². The van der Waals surface area contributed by atoms with Crippen molar-refractivity contribution in [1.82, 2.24) is 0 Å². The minimum absolute atomic E-state index is 0.200. The van der Waals surface area contributed by atoms with Gasteiger partial charge in [0.25, 0.3) is 0 Å². The van der Waals surface area contributed by atoms with E-state index in [2.05, 4.69) is 61.2 Å². The maximum atomic E-state index is 13.0. The zero-order valence-corrected chi connectivity index (χ0v) is 13.7. The molecular formula is C20H22N2O. The highest BCUT2D eigenvalue weighted by Crippen LogP contribution is 2.34. The minimum atomic E-state index is 0.200. The molecule has 0 saturated carbocycles. The molecular weight excluding hydrogens is 284 g/mol. The average molecular weight is 306 g/mol. The summed E-state index contributed by atoms with van der Waals surface area (Å²) in [5, 5.41) is 0. The smallest absolute Gasteiger partial charge is 0.246 e. The van der Waals surface area contributed by atoms with E-state index in [1.807, 2.05) is 11.0 Å². The van der Waals surface area contributed by atoms with Gasteiger partial charge >= 0.3 is 0 Å². The summed E-state index contributed by atoms with van der Waals surface area (Å²) in [7, 11) is 0. The molecule has 3 heteroatoms. The first kappa shape index (κ1) is 14.3. The van der Waals surface area contributed by atoms with Crippen molar-refractivity contribution in [3.8, 4) is 0 Å². The molecule has 2 atom stereocenters. The average Bonchev–Trinajstić information content (AvgIpc) is 3.04. The van der Waals surface area contributed by atoms with Gasteiger partial charge in [-0.1, -0.05) is 36.4 Å². The van der Waals surface area contributed by atoms with Crippen molar-refractivity contribution < 1.29 is 4.79 Å². The van der Waals surface area contributed by atoms with Crippen LogP contribution in [0, 0.1) is 0 Å². The molecule has 1 amide bonds. The summed E-state index contributed by atoms with van der Waals surface area (Å²) in [5.74, 6) is 0.200. The van der Waals surface area contributed by atoms with Crippen molar-refractivity contribution in [1.29, 1.82) is 0 Å². The third-order valence-electron chi connectivity index (χ3n) is 5.13. The van der Waals surface area contributed by atoms with E-state index in [9.17, 15) is 4.79 Å². The molecule has 0 radical (unpaired) electrons. The Labute approximate surface area is 137 Å². The maximum Gasteiger partial charge on any atom is 0.246 e. The van der Waals surface area contributed by atoms with E-state index in [4.69, 9.17) is 0 Å². The number of nitrogens with zero attached hydrogens (tertiary/aromatic N) is 2. The summed E-state index contributed by atoms with van der Waals surface area (Å²) in [6, 6.07) is 17.3. The van der Waals surface area contributed by atoms with Crippen LogP contribution in [0.15, 0.2) is 48.5 Å². The first-order chi connectivity index (χ1) is 11.1. The van der Waals surface area contributed by atoms with Crippen LogP contribution in [-0.2, 0) is 17.6 Å². The molecule has 4 rings (SSSR count). The van der Waals surface area contributed by atoms with Crippen LogP contribution in [-0.4, -0.2) is 24.5 Å². The quantitative estimate of drug-likeness (QED) is 0.849. The number of carbonyl (C=O) groups is 1. The van der Waals surface area contributed by atoms with Crippen LogP contribution in [0.3, 0.4) is 0 Å². The molecule has 23 heavy (non-hydrogen) atoms. The second-order valence-corrected chi connectivity index (χ2v) is 6.76. The van der Waals surface area contributed by atoms with Gasteiger partial charge in [-0.15, -0.1) is 0 Å². The van der Waals surface area contributed by atoms with Crippen LogP contribution in [0.25, 0.3) is 0 Å². The van der Waals surface area contributed by atoms with Gasteiger partial charge in [-0.05, 0) is 49.9 Å². The number of amides is 1. The largest absolute Gasteiger partial charge is 0.359 e. The minimum Gasteiger partial charge on any atom is -0.359 e. The van der Waals surface area contributed by atoms with Crippen molar-refractivity contribution in [3.63, 3.8) is 0 Å². The molecule has 0 unspecified atom stereocenters. The monoisotopic (exact) mass is 306 g/mol. The normalized spacial score (nSPS) is 22.2. The number of fused-ring (bicyclic) bond motifs is 2. The molecule has 0 N–H and O–H groups in total. The van der Waals surface area contributed by atoms with Gasteiger partial charge < -0.3 is 9.80 Å². The van der Waals surface area contributed by atoms with Crippen LogP contribution in [0.1, 0.15) is 25.0 Å². The number of para-hydroxylation sites is 2. The molecule has 2 aromatic carbocycles. The van der Waals surface area contributed by atoms with Crippen LogP contribution >= 0.6 is 0 Å². The number of benzene rings is 2. The molecule has 118 valence electrons. The third kappa shape index (κ3) is 2.31. The number of rotatable bonds is 2. The van der Waals surface area contributed by atoms with E-state index in [0.717, 1.165) is 18.5 Å². The maximum absolute atomic E-state index is 13.0. The zero-order valence-electron chi connectivity index (χ0n) is 13.7. The highest BCUT2D eigenvalue weighted by Gasteiger charge is 2.34. The van der Waals surface area contributed by atoms with Crippen molar-refractivity contribution in [2.75, 3.05) is 16.3 Å². The van der Waals surface area contributed by atoms with Crippen LogP contribution in [0.4, 0.5) is 11.4 Å². The first-order valence-electron chi connectivity index (χ1n) is 8.39. The fourth-order valence-corrected chi connectivity index (χ4v) is 4.04. The van der Waals surface area contributed by atoms with Gasteiger partial charge in [-0.3, -0.25) is 4.79 Å². The van der Waals surface area contributed by atoms with Crippen LogP contribution in [0.5, 0.6) is 0 Å². The lowest BCUT2D eigenvalue weighted by atomic mass is 10.1. The van der Waals surface area contributed by atoms with E-state index < -0.39 is 0 Å².